The molecule has 51 heavy (non-hydrogen) atoms. The molecule has 0 saturated carbocycles. The van der Waals surface area contributed by atoms with Crippen LogP contribution < -0.4 is 15.1 Å². The van der Waals surface area contributed by atoms with Crippen molar-refractivity contribution in [1.29, 1.82) is 0 Å². The van der Waals surface area contributed by atoms with Gasteiger partial charge in [-0.05, 0) is 106 Å². The van der Waals surface area contributed by atoms with Crippen LogP contribution in [0.25, 0.3) is 59.8 Å². The summed E-state index contributed by atoms with van der Waals surface area (Å²) >= 11 is 1.98. The van der Waals surface area contributed by atoms with Crippen LogP contribution in [0.5, 0.6) is 0 Å². The van der Waals surface area contributed by atoms with Gasteiger partial charge in [-0.15, -0.1) is 11.3 Å². The quantitative estimate of drug-likeness (QED) is 0.166. The van der Waals surface area contributed by atoms with E-state index in [4.69, 9.17) is 0 Å². The van der Waals surface area contributed by atoms with Crippen LogP contribution in [-0.2, 0) is 10.8 Å². The van der Waals surface area contributed by atoms with Crippen molar-refractivity contribution in [1.82, 2.24) is 4.57 Å². The maximum atomic E-state index is 2.71. The van der Waals surface area contributed by atoms with E-state index in [9.17, 15) is 0 Å². The number of hydrogen-bond acceptors (Lipinski definition) is 2. The van der Waals surface area contributed by atoms with E-state index in [2.05, 4.69) is 165 Å². The number of fused-ring (bicyclic) bond motifs is 11. The number of thiophene rings is 1. The van der Waals surface area contributed by atoms with Gasteiger partial charge < -0.3 is 9.38 Å². The molecule has 4 heterocycles. The van der Waals surface area contributed by atoms with Gasteiger partial charge in [0.1, 0.15) is 0 Å². The zero-order valence-electron chi connectivity index (χ0n) is 29.8. The molecule has 6 aromatic carbocycles. The predicted molar refractivity (Wildman–Crippen MR) is 221 cm³/mol. The third-order valence-electron chi connectivity index (χ3n) is 12.5. The first-order valence-electron chi connectivity index (χ1n) is 18.4. The van der Waals surface area contributed by atoms with Crippen LogP contribution in [-0.4, -0.2) is 11.4 Å². The minimum absolute atomic E-state index is 0.0418. The first-order chi connectivity index (χ1) is 24.7. The lowest BCUT2D eigenvalue weighted by Gasteiger charge is -2.44. The zero-order chi connectivity index (χ0) is 34.4. The second-order valence-corrected chi connectivity index (χ2v) is 17.5. The average molecular weight is 675 g/mol. The zero-order valence-corrected chi connectivity index (χ0v) is 30.7. The van der Waals surface area contributed by atoms with Crippen molar-refractivity contribution in [2.75, 3.05) is 4.81 Å². The Hall–Kier alpha value is -5.06. The third kappa shape index (κ3) is 3.89. The van der Waals surface area contributed by atoms with E-state index in [1.54, 1.807) is 0 Å². The molecule has 2 nitrogen and oxygen atoms in total. The number of aromatic nitrogens is 1. The third-order valence-corrected chi connectivity index (χ3v) is 13.8. The van der Waals surface area contributed by atoms with Crippen molar-refractivity contribution in [3.8, 4) is 27.9 Å². The van der Waals surface area contributed by atoms with Crippen LogP contribution in [0.1, 0.15) is 57.2 Å². The highest BCUT2D eigenvalue weighted by Gasteiger charge is 2.46. The van der Waals surface area contributed by atoms with Gasteiger partial charge in [-0.2, -0.15) is 0 Å². The fourth-order valence-corrected chi connectivity index (χ4v) is 11.2. The number of aryl methyl sites for hydroxylation is 1. The van der Waals surface area contributed by atoms with Crippen molar-refractivity contribution in [2.24, 2.45) is 0 Å². The average Bonchev–Trinajstić information content (AvgIpc) is 3.70. The van der Waals surface area contributed by atoms with Crippen molar-refractivity contribution in [3.05, 3.63) is 138 Å². The highest BCUT2D eigenvalue weighted by molar-refractivity contribution is 7.32. The number of anilines is 2. The number of hydrogen-bond donors (Lipinski definition) is 0. The van der Waals surface area contributed by atoms with Gasteiger partial charge in [0.05, 0.1) is 16.7 Å². The molecule has 2 aliphatic heterocycles. The van der Waals surface area contributed by atoms with Crippen molar-refractivity contribution >= 4 is 71.7 Å². The summed E-state index contributed by atoms with van der Waals surface area (Å²) < 4.78 is 5.40. The lowest BCUT2D eigenvalue weighted by Crippen LogP contribution is -2.59. The Labute approximate surface area is 304 Å². The normalized spacial score (nSPS) is 16.4. The van der Waals surface area contributed by atoms with Gasteiger partial charge in [0.2, 0.25) is 0 Å². The van der Waals surface area contributed by atoms with Gasteiger partial charge in [0.15, 0.2) is 0 Å². The van der Waals surface area contributed by atoms with Crippen molar-refractivity contribution in [3.63, 3.8) is 0 Å². The lowest BCUT2D eigenvalue weighted by molar-refractivity contribution is 0.332. The lowest BCUT2D eigenvalue weighted by atomic mass is 9.47. The number of para-hydroxylation sites is 2. The molecule has 0 unspecified atom stereocenters. The second-order valence-electron chi connectivity index (χ2n) is 16.4. The van der Waals surface area contributed by atoms with Gasteiger partial charge in [-0.25, -0.2) is 0 Å². The standard InChI is InChI=1S/C47H39BN2S/c1-28-25-34-32-15-9-12-18-39(32)50(31-20-21-36-37(27-31)47(4,5)24-23-46(36,2)3)48-42(34)44-41(28)33-16-10-11-17-38(33)49(44)43-35-26-30(29-13-7-6-8-14-29)19-22-40(35)51-45(43)48/h6-22,25-27H,23-24H2,1-5H3. The maximum Gasteiger partial charge on any atom is 0.343 e. The Kier molecular flexibility index (Phi) is 5.84. The molecule has 0 bridgehead atoms. The summed E-state index contributed by atoms with van der Waals surface area (Å²) in [7, 11) is 0. The van der Waals surface area contributed by atoms with Crippen molar-refractivity contribution in [2.45, 2.75) is 58.3 Å². The molecule has 246 valence electrons. The minimum atomic E-state index is 0.0418. The molecule has 4 heteroatoms. The highest BCUT2D eigenvalue weighted by atomic mass is 32.1. The summed E-state index contributed by atoms with van der Waals surface area (Å²) in [6.07, 6.45) is 2.41. The Morgan fingerprint density at radius 1 is 0.647 bits per heavy atom. The van der Waals surface area contributed by atoms with E-state index in [1.807, 2.05) is 11.3 Å². The molecule has 0 N–H and O–H groups in total. The van der Waals surface area contributed by atoms with E-state index < -0.39 is 0 Å². The van der Waals surface area contributed by atoms with Gasteiger partial charge in [-0.1, -0.05) is 113 Å². The van der Waals surface area contributed by atoms with E-state index >= 15 is 0 Å². The Morgan fingerprint density at radius 3 is 2.24 bits per heavy atom. The van der Waals surface area contributed by atoms with Crippen LogP contribution in [0.15, 0.2) is 121 Å². The molecule has 8 aromatic rings. The minimum Gasteiger partial charge on any atom is -0.376 e. The van der Waals surface area contributed by atoms with Gasteiger partial charge >= 0.3 is 6.85 Å². The summed E-state index contributed by atoms with van der Waals surface area (Å²) in [5, 5.41) is 4.05. The molecule has 11 rings (SSSR count). The fraction of sp³-hybridized carbons (Fsp3) is 0.191. The summed E-state index contributed by atoms with van der Waals surface area (Å²) in [6.45, 7) is 12.1. The van der Waals surface area contributed by atoms with E-state index in [-0.39, 0.29) is 17.7 Å². The van der Waals surface area contributed by atoms with Crippen molar-refractivity contribution < 1.29 is 0 Å². The summed E-state index contributed by atoms with van der Waals surface area (Å²) in [5.41, 5.74) is 17.8. The first kappa shape index (κ1) is 29.7. The molecule has 3 aliphatic rings. The molecule has 0 spiro atoms. The monoisotopic (exact) mass is 674 g/mol. The van der Waals surface area contributed by atoms with Crippen LogP contribution in [0.2, 0.25) is 0 Å². The van der Waals surface area contributed by atoms with Crippen LogP contribution >= 0.6 is 11.3 Å². The van der Waals surface area contributed by atoms with E-state index in [0.29, 0.717) is 0 Å². The van der Waals surface area contributed by atoms with Crippen LogP contribution in [0, 0.1) is 6.92 Å². The Balaban J connectivity index is 1.29. The van der Waals surface area contributed by atoms with Gasteiger partial charge in [0, 0.05) is 42.6 Å². The van der Waals surface area contributed by atoms with E-state index in [0.717, 1.165) is 0 Å². The number of rotatable bonds is 2. The SMILES string of the molecule is Cc1cc2c3c4c1c1ccccc1n4-c1c(sc4ccc(-c5ccccc5)cc14)B3N(c1ccc3c(c1)C(C)(C)CCC3(C)C)c1ccccc1-2. The highest BCUT2D eigenvalue weighted by Crippen LogP contribution is 2.51. The molecule has 2 aromatic heterocycles. The fourth-order valence-electron chi connectivity index (χ4n) is 9.89. The molecule has 0 fully saturated rings. The van der Waals surface area contributed by atoms with Crippen LogP contribution in [0.4, 0.5) is 11.4 Å². The topological polar surface area (TPSA) is 8.17 Å². The largest absolute Gasteiger partial charge is 0.376 e. The Morgan fingerprint density at radius 2 is 1.39 bits per heavy atom. The summed E-state index contributed by atoms with van der Waals surface area (Å²) in [6, 6.07) is 46.2. The molecule has 0 atom stereocenters. The maximum absolute atomic E-state index is 2.71. The summed E-state index contributed by atoms with van der Waals surface area (Å²) in [4.78, 5) is 2.71. The Bertz CT molecular complexity index is 2780. The van der Waals surface area contributed by atoms with Gasteiger partial charge in [0.25, 0.3) is 0 Å². The number of benzene rings is 6. The summed E-state index contributed by atoms with van der Waals surface area (Å²) in [5.74, 6) is 0. The van der Waals surface area contributed by atoms with Gasteiger partial charge in [-0.3, -0.25) is 0 Å². The second kappa shape index (κ2) is 10.0. The molecule has 0 radical (unpaired) electrons. The molecule has 0 saturated heterocycles. The molecular weight excluding hydrogens is 635 g/mol. The molecule has 1 aliphatic carbocycles. The van der Waals surface area contributed by atoms with E-state index in [1.165, 1.54) is 111 Å². The molecular formula is C47H39BN2S. The van der Waals surface area contributed by atoms with Crippen LogP contribution in [0.3, 0.4) is 0 Å². The first-order valence-corrected chi connectivity index (χ1v) is 19.3. The number of nitrogens with zero attached hydrogens (tertiary/aromatic N) is 2. The predicted octanol–water partition coefficient (Wildman–Crippen LogP) is 11.6. The smallest absolute Gasteiger partial charge is 0.343 e. The molecule has 0 amide bonds.